The summed E-state index contributed by atoms with van der Waals surface area (Å²) < 4.78 is 16.7. The van der Waals surface area contributed by atoms with Gasteiger partial charge in [-0.1, -0.05) is 0 Å². The average Bonchev–Trinajstić information content (AvgIpc) is 3.22. The molecule has 1 N–H and O–H groups in total. The van der Waals surface area contributed by atoms with E-state index in [1.807, 2.05) is 43.3 Å². The Morgan fingerprint density at radius 1 is 1.19 bits per heavy atom. The van der Waals surface area contributed by atoms with E-state index in [1.165, 1.54) is 0 Å². The largest absolute Gasteiger partial charge is 0.494 e. The fraction of sp³-hybridized carbons (Fsp3) is 0.478. The van der Waals surface area contributed by atoms with Gasteiger partial charge in [-0.15, -0.1) is 24.0 Å². The maximum absolute atomic E-state index is 5.89. The Morgan fingerprint density at radius 2 is 1.97 bits per heavy atom. The molecule has 0 radical (unpaired) electrons. The average molecular weight is 540 g/mol. The van der Waals surface area contributed by atoms with Crippen molar-refractivity contribution in [3.63, 3.8) is 0 Å². The second-order valence-corrected chi connectivity index (χ2v) is 7.24. The van der Waals surface area contributed by atoms with Crippen LogP contribution in [0, 0.1) is 5.92 Å². The molecule has 1 unspecified atom stereocenters. The molecule has 1 aliphatic rings. The standard InChI is InChI=1S/C23H32N4O3.HI/c1-4-24-23(27-13-11-19(16-27)17-28-3)26-15-18-10-12-25-22(14-18)30-21-8-6-20(7-9-21)29-5-2;/h6-10,12,14,19H,4-5,11,13,15-17H2,1-3H3,(H,24,26);1H. The van der Waals surface area contributed by atoms with Crippen molar-refractivity contribution in [1.29, 1.82) is 0 Å². The van der Waals surface area contributed by atoms with Crippen LogP contribution >= 0.6 is 24.0 Å². The van der Waals surface area contributed by atoms with Crippen LogP contribution in [0.2, 0.25) is 0 Å². The lowest BCUT2D eigenvalue weighted by atomic mass is 10.1. The zero-order chi connectivity index (χ0) is 21.2. The van der Waals surface area contributed by atoms with E-state index in [1.54, 1.807) is 13.3 Å². The van der Waals surface area contributed by atoms with Crippen LogP contribution < -0.4 is 14.8 Å². The number of guanidine groups is 1. The number of nitrogens with one attached hydrogen (secondary N) is 1. The van der Waals surface area contributed by atoms with Crippen molar-refractivity contribution in [3.8, 4) is 17.4 Å². The Morgan fingerprint density at radius 3 is 2.68 bits per heavy atom. The first-order valence-electron chi connectivity index (χ1n) is 10.6. The lowest BCUT2D eigenvalue weighted by molar-refractivity contribution is 0.157. The van der Waals surface area contributed by atoms with Crippen molar-refractivity contribution in [3.05, 3.63) is 48.2 Å². The van der Waals surface area contributed by atoms with Gasteiger partial charge in [0, 0.05) is 44.9 Å². The number of benzene rings is 1. The van der Waals surface area contributed by atoms with Crippen LogP contribution in [-0.4, -0.2) is 55.8 Å². The van der Waals surface area contributed by atoms with Gasteiger partial charge >= 0.3 is 0 Å². The molecule has 1 aromatic carbocycles. The number of aliphatic imine (C=N–C) groups is 1. The van der Waals surface area contributed by atoms with Gasteiger partial charge in [0.15, 0.2) is 5.96 Å². The monoisotopic (exact) mass is 540 g/mol. The lowest BCUT2D eigenvalue weighted by Crippen LogP contribution is -2.40. The van der Waals surface area contributed by atoms with Gasteiger partial charge < -0.3 is 24.4 Å². The van der Waals surface area contributed by atoms with Gasteiger partial charge in [-0.25, -0.2) is 9.98 Å². The number of aromatic nitrogens is 1. The second-order valence-electron chi connectivity index (χ2n) is 7.24. The van der Waals surface area contributed by atoms with Crippen LogP contribution in [0.3, 0.4) is 0 Å². The van der Waals surface area contributed by atoms with Crippen molar-refractivity contribution in [2.75, 3.05) is 40.0 Å². The Hall–Kier alpha value is -2.07. The molecule has 1 aliphatic heterocycles. The molecule has 0 amide bonds. The first-order chi connectivity index (χ1) is 14.7. The molecule has 2 heterocycles. The molecule has 0 aliphatic carbocycles. The molecule has 1 atom stereocenters. The first-order valence-corrected chi connectivity index (χ1v) is 10.6. The molecule has 7 nitrogen and oxygen atoms in total. The van der Waals surface area contributed by atoms with Gasteiger partial charge in [0.05, 0.1) is 19.8 Å². The van der Waals surface area contributed by atoms with Gasteiger partial charge in [0.1, 0.15) is 11.5 Å². The number of nitrogens with zero attached hydrogens (tertiary/aromatic N) is 3. The first kappa shape index (κ1) is 25.2. The number of hydrogen-bond acceptors (Lipinski definition) is 5. The highest BCUT2D eigenvalue weighted by Gasteiger charge is 2.24. The number of pyridine rings is 1. The predicted octanol–water partition coefficient (Wildman–Crippen LogP) is 4.32. The summed E-state index contributed by atoms with van der Waals surface area (Å²) in [5.41, 5.74) is 1.05. The van der Waals surface area contributed by atoms with Crippen molar-refractivity contribution < 1.29 is 14.2 Å². The number of ether oxygens (including phenoxy) is 3. The molecule has 0 bridgehead atoms. The van der Waals surface area contributed by atoms with Crippen LogP contribution in [-0.2, 0) is 11.3 Å². The topological polar surface area (TPSA) is 68.2 Å². The van der Waals surface area contributed by atoms with Crippen molar-refractivity contribution in [1.82, 2.24) is 15.2 Å². The number of halogens is 1. The van der Waals surface area contributed by atoms with Gasteiger partial charge in [0.25, 0.3) is 0 Å². The SMILES string of the molecule is CCNC(=NCc1ccnc(Oc2ccc(OCC)cc2)c1)N1CCC(COC)C1.I. The number of rotatable bonds is 9. The highest BCUT2D eigenvalue weighted by atomic mass is 127. The van der Waals surface area contributed by atoms with Crippen molar-refractivity contribution in [2.24, 2.45) is 10.9 Å². The quantitative estimate of drug-likeness (QED) is 0.290. The molecule has 0 spiro atoms. The van der Waals surface area contributed by atoms with E-state index < -0.39 is 0 Å². The molecule has 1 aromatic heterocycles. The zero-order valence-electron chi connectivity index (χ0n) is 18.5. The van der Waals surface area contributed by atoms with Crippen LogP contribution in [0.5, 0.6) is 17.4 Å². The Bertz CT molecular complexity index is 817. The van der Waals surface area contributed by atoms with Crippen molar-refractivity contribution in [2.45, 2.75) is 26.8 Å². The summed E-state index contributed by atoms with van der Waals surface area (Å²) in [7, 11) is 1.76. The maximum atomic E-state index is 5.89. The number of methoxy groups -OCH3 is 1. The van der Waals surface area contributed by atoms with E-state index in [2.05, 4.69) is 22.1 Å². The highest BCUT2D eigenvalue weighted by molar-refractivity contribution is 14.0. The van der Waals surface area contributed by atoms with E-state index in [9.17, 15) is 0 Å². The minimum Gasteiger partial charge on any atom is -0.494 e. The third kappa shape index (κ3) is 7.84. The fourth-order valence-electron chi connectivity index (χ4n) is 3.48. The van der Waals surface area contributed by atoms with Crippen molar-refractivity contribution >= 4 is 29.9 Å². The van der Waals surface area contributed by atoms with Crippen LogP contribution in [0.25, 0.3) is 0 Å². The summed E-state index contributed by atoms with van der Waals surface area (Å²) in [6.45, 7) is 8.88. The summed E-state index contributed by atoms with van der Waals surface area (Å²) in [5.74, 6) is 3.61. The Balaban J connectivity index is 0.00000341. The number of hydrogen-bond donors (Lipinski definition) is 1. The smallest absolute Gasteiger partial charge is 0.219 e. The van der Waals surface area contributed by atoms with E-state index >= 15 is 0 Å². The van der Waals surface area contributed by atoms with E-state index in [-0.39, 0.29) is 24.0 Å². The van der Waals surface area contributed by atoms with Crippen LogP contribution in [0.15, 0.2) is 47.6 Å². The summed E-state index contributed by atoms with van der Waals surface area (Å²) in [4.78, 5) is 11.5. The van der Waals surface area contributed by atoms with Gasteiger partial charge in [-0.3, -0.25) is 0 Å². The Labute approximate surface area is 202 Å². The summed E-state index contributed by atoms with van der Waals surface area (Å²) in [5, 5.41) is 3.40. The minimum atomic E-state index is 0. The highest BCUT2D eigenvalue weighted by Crippen LogP contribution is 2.23. The molecule has 170 valence electrons. The van der Waals surface area contributed by atoms with E-state index in [0.29, 0.717) is 24.9 Å². The molecule has 1 saturated heterocycles. The number of likely N-dealkylation sites (tertiary alicyclic amines) is 1. The molecular formula is C23H33IN4O3. The molecule has 31 heavy (non-hydrogen) atoms. The normalized spacial score (nSPS) is 16.0. The predicted molar refractivity (Wildman–Crippen MR) is 134 cm³/mol. The summed E-state index contributed by atoms with van der Waals surface area (Å²) in [6.07, 6.45) is 2.89. The van der Waals surface area contributed by atoms with Gasteiger partial charge in [0.2, 0.25) is 5.88 Å². The third-order valence-corrected chi connectivity index (χ3v) is 4.89. The second kappa shape index (κ2) is 13.4. The van der Waals surface area contributed by atoms with Gasteiger partial charge in [-0.2, -0.15) is 0 Å². The molecular weight excluding hydrogens is 507 g/mol. The molecule has 0 saturated carbocycles. The molecule has 8 heteroatoms. The Kier molecular flexibility index (Phi) is 10.9. The summed E-state index contributed by atoms with van der Waals surface area (Å²) in [6, 6.07) is 11.4. The summed E-state index contributed by atoms with van der Waals surface area (Å²) >= 11 is 0. The molecule has 1 fully saturated rings. The van der Waals surface area contributed by atoms with Crippen LogP contribution in [0.4, 0.5) is 0 Å². The van der Waals surface area contributed by atoms with E-state index in [4.69, 9.17) is 19.2 Å². The third-order valence-electron chi connectivity index (χ3n) is 4.89. The minimum absolute atomic E-state index is 0. The molecule has 3 rings (SSSR count). The van der Waals surface area contributed by atoms with Crippen LogP contribution in [0.1, 0.15) is 25.8 Å². The van der Waals surface area contributed by atoms with E-state index in [0.717, 1.165) is 55.7 Å². The zero-order valence-corrected chi connectivity index (χ0v) is 20.9. The fourth-order valence-corrected chi connectivity index (χ4v) is 3.48. The van der Waals surface area contributed by atoms with Gasteiger partial charge in [-0.05, 0) is 56.2 Å². The maximum Gasteiger partial charge on any atom is 0.219 e. The lowest BCUT2D eigenvalue weighted by Gasteiger charge is -2.21. The molecule has 2 aromatic rings.